The fourth-order valence-corrected chi connectivity index (χ4v) is 2.56. The lowest BCUT2D eigenvalue weighted by atomic mass is 9.85. The third kappa shape index (κ3) is 4.35. The molecule has 1 fully saturated rings. The van der Waals surface area contributed by atoms with E-state index in [0.29, 0.717) is 13.0 Å². The van der Waals surface area contributed by atoms with Crippen molar-refractivity contribution in [2.45, 2.75) is 51.0 Å². The lowest BCUT2D eigenvalue weighted by Crippen LogP contribution is -2.37. The van der Waals surface area contributed by atoms with Crippen LogP contribution in [-0.2, 0) is 11.2 Å². The third-order valence-corrected chi connectivity index (χ3v) is 3.67. The second-order valence-corrected chi connectivity index (χ2v) is 5.60. The Hall–Kier alpha value is -1.35. The Morgan fingerprint density at radius 2 is 1.84 bits per heavy atom. The molecule has 1 aliphatic carbocycles. The number of hydrogen-bond donors (Lipinski definition) is 1. The SMILES string of the molecule is CC(=O)Cc1ccc(OCC2(O)CCCCC2)cc1. The number of benzene rings is 1. The molecule has 0 radical (unpaired) electrons. The van der Waals surface area contributed by atoms with Crippen molar-refractivity contribution in [3.05, 3.63) is 29.8 Å². The lowest BCUT2D eigenvalue weighted by molar-refractivity contribution is -0.116. The van der Waals surface area contributed by atoms with Gasteiger partial charge in [-0.25, -0.2) is 0 Å². The second-order valence-electron chi connectivity index (χ2n) is 5.60. The highest BCUT2D eigenvalue weighted by atomic mass is 16.5. The minimum absolute atomic E-state index is 0.158. The first-order valence-electron chi connectivity index (χ1n) is 7.01. The van der Waals surface area contributed by atoms with Crippen molar-refractivity contribution in [2.75, 3.05) is 6.61 Å². The van der Waals surface area contributed by atoms with E-state index in [1.807, 2.05) is 24.3 Å². The summed E-state index contributed by atoms with van der Waals surface area (Å²) in [5, 5.41) is 10.3. The maximum atomic E-state index is 11.0. The van der Waals surface area contributed by atoms with Gasteiger partial charge in [-0.2, -0.15) is 0 Å². The van der Waals surface area contributed by atoms with Gasteiger partial charge < -0.3 is 9.84 Å². The maximum Gasteiger partial charge on any atom is 0.134 e. The molecule has 1 saturated carbocycles. The normalized spacial score (nSPS) is 18.0. The number of hydrogen-bond acceptors (Lipinski definition) is 3. The van der Waals surface area contributed by atoms with Crippen molar-refractivity contribution in [1.29, 1.82) is 0 Å². The van der Waals surface area contributed by atoms with Crippen LogP contribution in [0.2, 0.25) is 0 Å². The molecule has 0 atom stereocenters. The van der Waals surface area contributed by atoms with E-state index in [9.17, 15) is 9.90 Å². The van der Waals surface area contributed by atoms with E-state index in [1.165, 1.54) is 6.42 Å². The first-order valence-corrected chi connectivity index (χ1v) is 7.01. The molecule has 0 saturated heterocycles. The van der Waals surface area contributed by atoms with Gasteiger partial charge in [0.2, 0.25) is 0 Å². The minimum Gasteiger partial charge on any atom is -0.491 e. The Balaban J connectivity index is 1.87. The van der Waals surface area contributed by atoms with Crippen LogP contribution < -0.4 is 4.74 Å². The van der Waals surface area contributed by atoms with Gasteiger partial charge in [0.15, 0.2) is 0 Å². The van der Waals surface area contributed by atoms with Crippen molar-refractivity contribution in [1.82, 2.24) is 0 Å². The highest BCUT2D eigenvalue weighted by Gasteiger charge is 2.29. The zero-order chi connectivity index (χ0) is 13.7. The summed E-state index contributed by atoms with van der Waals surface area (Å²) in [6.07, 6.45) is 5.49. The maximum absolute atomic E-state index is 11.0. The summed E-state index contributed by atoms with van der Waals surface area (Å²) in [6, 6.07) is 7.54. The van der Waals surface area contributed by atoms with E-state index >= 15 is 0 Å². The number of ether oxygens (including phenoxy) is 1. The van der Waals surface area contributed by atoms with E-state index in [1.54, 1.807) is 6.92 Å². The quantitative estimate of drug-likeness (QED) is 0.887. The molecule has 0 heterocycles. The summed E-state index contributed by atoms with van der Waals surface area (Å²) in [4.78, 5) is 11.0. The van der Waals surface area contributed by atoms with Crippen molar-refractivity contribution in [3.63, 3.8) is 0 Å². The van der Waals surface area contributed by atoms with Gasteiger partial charge >= 0.3 is 0 Å². The highest BCUT2D eigenvalue weighted by Crippen LogP contribution is 2.28. The first kappa shape index (κ1) is 14.1. The molecule has 1 N–H and O–H groups in total. The van der Waals surface area contributed by atoms with Crippen molar-refractivity contribution in [2.24, 2.45) is 0 Å². The molecule has 3 nitrogen and oxygen atoms in total. The topological polar surface area (TPSA) is 46.5 Å². The summed E-state index contributed by atoms with van der Waals surface area (Å²) in [5.74, 6) is 0.913. The smallest absolute Gasteiger partial charge is 0.134 e. The molecular formula is C16H22O3. The molecule has 0 spiro atoms. The molecular weight excluding hydrogens is 240 g/mol. The molecule has 0 amide bonds. The lowest BCUT2D eigenvalue weighted by Gasteiger charge is -2.31. The Labute approximate surface area is 114 Å². The van der Waals surface area contributed by atoms with Gasteiger partial charge in [-0.15, -0.1) is 0 Å². The number of carbonyl (C=O) groups excluding carboxylic acids is 1. The fourth-order valence-electron chi connectivity index (χ4n) is 2.56. The van der Waals surface area contributed by atoms with Crippen LogP contribution in [0.4, 0.5) is 0 Å². The summed E-state index contributed by atoms with van der Waals surface area (Å²) in [6.45, 7) is 1.95. The number of carbonyl (C=O) groups is 1. The first-order chi connectivity index (χ1) is 9.07. The molecule has 1 aromatic rings. The Kier molecular flexibility index (Phi) is 4.59. The van der Waals surface area contributed by atoms with Crippen LogP contribution >= 0.6 is 0 Å². The van der Waals surface area contributed by atoms with Crippen LogP contribution in [0.3, 0.4) is 0 Å². The number of rotatable bonds is 5. The van der Waals surface area contributed by atoms with E-state index in [0.717, 1.165) is 37.0 Å². The number of aliphatic hydroxyl groups is 1. The molecule has 0 aliphatic heterocycles. The van der Waals surface area contributed by atoms with Gasteiger partial charge in [-0.3, -0.25) is 4.79 Å². The third-order valence-electron chi connectivity index (χ3n) is 3.67. The Bertz CT molecular complexity index is 416. The summed E-state index contributed by atoms with van der Waals surface area (Å²) < 4.78 is 5.67. The molecule has 19 heavy (non-hydrogen) atoms. The predicted molar refractivity (Wildman–Crippen MR) is 74.4 cm³/mol. The van der Waals surface area contributed by atoms with Gasteiger partial charge in [0.05, 0.1) is 5.60 Å². The molecule has 2 rings (SSSR count). The van der Waals surface area contributed by atoms with Gasteiger partial charge in [0, 0.05) is 6.42 Å². The zero-order valence-electron chi connectivity index (χ0n) is 11.5. The van der Waals surface area contributed by atoms with Gasteiger partial charge in [0.1, 0.15) is 18.1 Å². The van der Waals surface area contributed by atoms with Gasteiger partial charge in [-0.1, -0.05) is 31.4 Å². The highest BCUT2D eigenvalue weighted by molar-refractivity contribution is 5.78. The minimum atomic E-state index is -0.656. The molecule has 0 unspecified atom stereocenters. The van der Waals surface area contributed by atoms with Crippen LogP contribution in [0.15, 0.2) is 24.3 Å². The fraction of sp³-hybridized carbons (Fsp3) is 0.562. The van der Waals surface area contributed by atoms with Crippen molar-refractivity contribution < 1.29 is 14.6 Å². The van der Waals surface area contributed by atoms with E-state index in [-0.39, 0.29) is 5.78 Å². The average Bonchev–Trinajstić information content (AvgIpc) is 2.38. The predicted octanol–water partition coefficient (Wildman–Crippen LogP) is 2.89. The molecule has 3 heteroatoms. The van der Waals surface area contributed by atoms with Crippen LogP contribution in [0.5, 0.6) is 5.75 Å². The second kappa shape index (κ2) is 6.20. The largest absolute Gasteiger partial charge is 0.491 e. The van der Waals surface area contributed by atoms with Crippen molar-refractivity contribution in [3.8, 4) is 5.75 Å². The monoisotopic (exact) mass is 262 g/mol. The Morgan fingerprint density at radius 3 is 2.42 bits per heavy atom. The number of Topliss-reactive ketones (excluding diaryl/α,β-unsaturated/α-hetero) is 1. The summed E-state index contributed by atoms with van der Waals surface area (Å²) in [7, 11) is 0. The standard InChI is InChI=1S/C16H22O3/c1-13(17)11-14-5-7-15(8-6-14)19-12-16(18)9-3-2-4-10-16/h5-8,18H,2-4,9-12H2,1H3. The molecule has 0 bridgehead atoms. The molecule has 1 aromatic carbocycles. The Morgan fingerprint density at radius 1 is 1.21 bits per heavy atom. The summed E-state index contributed by atoms with van der Waals surface area (Å²) >= 11 is 0. The average molecular weight is 262 g/mol. The van der Waals surface area contributed by atoms with E-state index in [4.69, 9.17) is 4.74 Å². The van der Waals surface area contributed by atoms with Gasteiger partial charge in [0.25, 0.3) is 0 Å². The van der Waals surface area contributed by atoms with Crippen LogP contribution in [0.1, 0.15) is 44.6 Å². The van der Waals surface area contributed by atoms with E-state index in [2.05, 4.69) is 0 Å². The molecule has 1 aliphatic rings. The molecule has 104 valence electrons. The van der Waals surface area contributed by atoms with Crippen LogP contribution in [-0.4, -0.2) is 23.1 Å². The number of ketones is 1. The summed E-state index contributed by atoms with van der Waals surface area (Å²) in [5.41, 5.74) is 0.340. The molecule has 0 aromatic heterocycles. The van der Waals surface area contributed by atoms with Crippen molar-refractivity contribution >= 4 is 5.78 Å². The van der Waals surface area contributed by atoms with E-state index < -0.39 is 5.60 Å². The van der Waals surface area contributed by atoms with Crippen LogP contribution in [0, 0.1) is 0 Å². The van der Waals surface area contributed by atoms with Crippen LogP contribution in [0.25, 0.3) is 0 Å². The van der Waals surface area contributed by atoms with Gasteiger partial charge in [-0.05, 0) is 37.5 Å². The zero-order valence-corrected chi connectivity index (χ0v) is 11.5.